The van der Waals surface area contributed by atoms with Crippen molar-refractivity contribution in [1.82, 2.24) is 4.90 Å². The Bertz CT molecular complexity index is 407. The second-order valence-corrected chi connectivity index (χ2v) is 4.91. The van der Waals surface area contributed by atoms with Crippen LogP contribution in [0.25, 0.3) is 0 Å². The molecule has 1 atom stereocenters. The Morgan fingerprint density at radius 3 is 2.50 bits per heavy atom. The van der Waals surface area contributed by atoms with Crippen LogP contribution in [0.15, 0.2) is 18.2 Å². The first-order valence-corrected chi connectivity index (χ1v) is 6.45. The maximum absolute atomic E-state index is 5.91. The molecule has 0 bridgehead atoms. The molecule has 1 aromatic carbocycles. The molecule has 0 aliphatic carbocycles. The molecule has 0 amide bonds. The van der Waals surface area contributed by atoms with E-state index in [-0.39, 0.29) is 6.04 Å². The highest BCUT2D eigenvalue weighted by atomic mass is 16.6. The average Bonchev–Trinajstić information content (AvgIpc) is 2.39. The van der Waals surface area contributed by atoms with Gasteiger partial charge in [-0.3, -0.25) is 4.90 Å². The van der Waals surface area contributed by atoms with Crippen molar-refractivity contribution in [2.24, 2.45) is 5.73 Å². The third-order valence-electron chi connectivity index (χ3n) is 3.48. The quantitative estimate of drug-likeness (QED) is 0.885. The second kappa shape index (κ2) is 5.59. The lowest BCUT2D eigenvalue weighted by molar-refractivity contribution is 0.169. The molecule has 1 heterocycles. The summed E-state index contributed by atoms with van der Waals surface area (Å²) < 4.78 is 11.1. The molecule has 1 aromatic rings. The molecule has 4 nitrogen and oxygen atoms in total. The highest BCUT2D eigenvalue weighted by Crippen LogP contribution is 2.33. The molecule has 0 saturated carbocycles. The molecule has 100 valence electrons. The van der Waals surface area contributed by atoms with Gasteiger partial charge in [0.1, 0.15) is 13.2 Å². The number of benzene rings is 1. The maximum Gasteiger partial charge on any atom is 0.161 e. The molecule has 0 spiro atoms. The molecular formula is C14H22N2O2. The van der Waals surface area contributed by atoms with Crippen LogP contribution in [-0.2, 0) is 0 Å². The minimum atomic E-state index is 0.209. The van der Waals surface area contributed by atoms with Crippen molar-refractivity contribution in [3.8, 4) is 11.5 Å². The molecule has 0 saturated heterocycles. The smallest absolute Gasteiger partial charge is 0.161 e. The van der Waals surface area contributed by atoms with E-state index in [0.717, 1.165) is 11.5 Å². The van der Waals surface area contributed by atoms with Gasteiger partial charge in [0, 0.05) is 18.6 Å². The Morgan fingerprint density at radius 2 is 1.89 bits per heavy atom. The largest absolute Gasteiger partial charge is 0.486 e. The van der Waals surface area contributed by atoms with Gasteiger partial charge in [-0.1, -0.05) is 6.07 Å². The van der Waals surface area contributed by atoms with E-state index in [0.29, 0.717) is 25.8 Å². The van der Waals surface area contributed by atoms with Crippen LogP contribution in [0.5, 0.6) is 11.5 Å². The van der Waals surface area contributed by atoms with Gasteiger partial charge >= 0.3 is 0 Å². The van der Waals surface area contributed by atoms with Crippen molar-refractivity contribution in [3.05, 3.63) is 23.8 Å². The van der Waals surface area contributed by atoms with Crippen LogP contribution < -0.4 is 15.2 Å². The molecule has 0 radical (unpaired) electrons. The van der Waals surface area contributed by atoms with Crippen molar-refractivity contribution in [3.63, 3.8) is 0 Å². The average molecular weight is 250 g/mol. The third kappa shape index (κ3) is 2.60. The fraction of sp³-hybridized carbons (Fsp3) is 0.571. The van der Waals surface area contributed by atoms with E-state index in [4.69, 9.17) is 15.2 Å². The summed E-state index contributed by atoms with van der Waals surface area (Å²) in [6, 6.07) is 6.75. The summed E-state index contributed by atoms with van der Waals surface area (Å²) in [6.07, 6.45) is 0. The van der Waals surface area contributed by atoms with Crippen molar-refractivity contribution < 1.29 is 9.47 Å². The summed E-state index contributed by atoms with van der Waals surface area (Å²) in [4.78, 5) is 2.27. The minimum absolute atomic E-state index is 0.209. The van der Waals surface area contributed by atoms with Gasteiger partial charge in [0.25, 0.3) is 0 Å². The lowest BCUT2D eigenvalue weighted by Crippen LogP contribution is -2.35. The van der Waals surface area contributed by atoms with E-state index < -0.39 is 0 Å². The van der Waals surface area contributed by atoms with Crippen LogP contribution in [0.2, 0.25) is 0 Å². The third-order valence-corrected chi connectivity index (χ3v) is 3.48. The molecular weight excluding hydrogens is 228 g/mol. The monoisotopic (exact) mass is 250 g/mol. The Hall–Kier alpha value is -1.26. The molecule has 2 N–H and O–H groups in total. The molecule has 2 rings (SSSR count). The topological polar surface area (TPSA) is 47.7 Å². The SMILES string of the molecule is CC(C)N(C)C(CN)c1ccc2c(c1)OCCO2. The summed E-state index contributed by atoms with van der Waals surface area (Å²) in [6.45, 7) is 6.16. The number of hydrogen-bond acceptors (Lipinski definition) is 4. The van der Waals surface area contributed by atoms with Crippen LogP contribution in [0, 0.1) is 0 Å². The van der Waals surface area contributed by atoms with Gasteiger partial charge in [-0.15, -0.1) is 0 Å². The van der Waals surface area contributed by atoms with E-state index in [1.54, 1.807) is 0 Å². The summed E-state index contributed by atoms with van der Waals surface area (Å²) in [7, 11) is 2.10. The first-order chi connectivity index (χ1) is 8.63. The zero-order valence-corrected chi connectivity index (χ0v) is 11.3. The van der Waals surface area contributed by atoms with E-state index >= 15 is 0 Å². The van der Waals surface area contributed by atoms with Crippen molar-refractivity contribution in [2.75, 3.05) is 26.8 Å². The second-order valence-electron chi connectivity index (χ2n) is 4.91. The predicted octanol–water partition coefficient (Wildman–Crippen LogP) is 1.80. The van der Waals surface area contributed by atoms with Crippen molar-refractivity contribution >= 4 is 0 Å². The Kier molecular flexibility index (Phi) is 4.09. The number of likely N-dealkylation sites (N-methyl/N-ethyl adjacent to an activating group) is 1. The van der Waals surface area contributed by atoms with Crippen LogP contribution in [0.3, 0.4) is 0 Å². The molecule has 1 aliphatic heterocycles. The van der Waals surface area contributed by atoms with Gasteiger partial charge in [-0.2, -0.15) is 0 Å². The molecule has 0 fully saturated rings. The first kappa shape index (κ1) is 13.2. The van der Waals surface area contributed by atoms with Crippen LogP contribution in [0.1, 0.15) is 25.5 Å². The number of nitrogens with zero attached hydrogens (tertiary/aromatic N) is 1. The van der Waals surface area contributed by atoms with Gasteiger partial charge < -0.3 is 15.2 Å². The van der Waals surface area contributed by atoms with E-state index in [1.807, 2.05) is 12.1 Å². The number of rotatable bonds is 4. The van der Waals surface area contributed by atoms with Crippen molar-refractivity contribution in [1.29, 1.82) is 0 Å². The molecule has 4 heteroatoms. The van der Waals surface area contributed by atoms with Crippen LogP contribution in [-0.4, -0.2) is 37.7 Å². The standard InChI is InChI=1S/C14H22N2O2/c1-10(2)16(3)12(9-15)11-4-5-13-14(8-11)18-7-6-17-13/h4-5,8,10,12H,6-7,9,15H2,1-3H3. The van der Waals surface area contributed by atoms with Crippen LogP contribution >= 0.6 is 0 Å². The molecule has 0 aromatic heterocycles. The fourth-order valence-electron chi connectivity index (χ4n) is 2.16. The molecule has 18 heavy (non-hydrogen) atoms. The Labute approximate surface area is 109 Å². The zero-order valence-electron chi connectivity index (χ0n) is 11.3. The van der Waals surface area contributed by atoms with Gasteiger partial charge in [0.2, 0.25) is 0 Å². The Balaban J connectivity index is 2.26. The lowest BCUT2D eigenvalue weighted by Gasteiger charge is -2.31. The molecule has 1 unspecified atom stereocenters. The predicted molar refractivity (Wildman–Crippen MR) is 72.1 cm³/mol. The fourth-order valence-corrected chi connectivity index (χ4v) is 2.16. The first-order valence-electron chi connectivity index (χ1n) is 6.45. The van der Waals surface area contributed by atoms with Crippen LogP contribution in [0.4, 0.5) is 0 Å². The highest BCUT2D eigenvalue weighted by Gasteiger charge is 2.20. The lowest BCUT2D eigenvalue weighted by atomic mass is 10.0. The highest BCUT2D eigenvalue weighted by molar-refractivity contribution is 5.44. The zero-order chi connectivity index (χ0) is 13.1. The maximum atomic E-state index is 5.91. The molecule has 1 aliphatic rings. The van der Waals surface area contributed by atoms with Gasteiger partial charge in [0.15, 0.2) is 11.5 Å². The number of ether oxygens (including phenoxy) is 2. The summed E-state index contributed by atoms with van der Waals surface area (Å²) in [5.74, 6) is 1.65. The number of fused-ring (bicyclic) bond motifs is 1. The summed E-state index contributed by atoms with van der Waals surface area (Å²) in [5, 5.41) is 0. The van der Waals surface area contributed by atoms with Gasteiger partial charge in [0.05, 0.1) is 0 Å². The van der Waals surface area contributed by atoms with E-state index in [2.05, 4.69) is 31.9 Å². The minimum Gasteiger partial charge on any atom is -0.486 e. The number of hydrogen-bond donors (Lipinski definition) is 1. The van der Waals surface area contributed by atoms with Gasteiger partial charge in [-0.05, 0) is 38.6 Å². The van der Waals surface area contributed by atoms with Gasteiger partial charge in [-0.25, -0.2) is 0 Å². The van der Waals surface area contributed by atoms with E-state index in [1.165, 1.54) is 5.56 Å². The summed E-state index contributed by atoms with van der Waals surface area (Å²) in [5.41, 5.74) is 7.08. The summed E-state index contributed by atoms with van der Waals surface area (Å²) >= 11 is 0. The van der Waals surface area contributed by atoms with E-state index in [9.17, 15) is 0 Å². The Morgan fingerprint density at radius 1 is 1.22 bits per heavy atom. The van der Waals surface area contributed by atoms with Crippen molar-refractivity contribution in [2.45, 2.75) is 25.9 Å². The number of nitrogens with two attached hydrogens (primary N) is 1. The normalized spacial score (nSPS) is 16.1.